The van der Waals surface area contributed by atoms with Crippen LogP contribution in [0.5, 0.6) is 5.75 Å². The molecule has 1 aromatic carbocycles. The molecule has 1 aliphatic heterocycles. The van der Waals surface area contributed by atoms with Crippen molar-refractivity contribution >= 4 is 5.91 Å². The normalized spacial score (nSPS) is 19.6. The van der Waals surface area contributed by atoms with Gasteiger partial charge in [-0.05, 0) is 62.6 Å². The van der Waals surface area contributed by atoms with Gasteiger partial charge in [0, 0.05) is 13.1 Å². The molecule has 0 unspecified atom stereocenters. The zero-order chi connectivity index (χ0) is 13.9. The van der Waals surface area contributed by atoms with Crippen molar-refractivity contribution in [1.29, 1.82) is 0 Å². The van der Waals surface area contributed by atoms with Gasteiger partial charge >= 0.3 is 0 Å². The van der Waals surface area contributed by atoms with Gasteiger partial charge in [-0.15, -0.1) is 0 Å². The molecule has 108 valence electrons. The summed E-state index contributed by atoms with van der Waals surface area (Å²) >= 11 is 0. The molecule has 0 saturated carbocycles. The Morgan fingerprint density at radius 3 is 2.70 bits per heavy atom. The highest BCUT2D eigenvalue weighted by Crippen LogP contribution is 2.30. The first-order valence-electron chi connectivity index (χ1n) is 7.82. The van der Waals surface area contributed by atoms with E-state index in [9.17, 15) is 4.79 Å². The van der Waals surface area contributed by atoms with E-state index in [1.54, 1.807) is 0 Å². The lowest BCUT2D eigenvalue weighted by Gasteiger charge is -2.24. The Morgan fingerprint density at radius 2 is 1.90 bits per heavy atom. The van der Waals surface area contributed by atoms with E-state index >= 15 is 0 Å². The van der Waals surface area contributed by atoms with Crippen LogP contribution in [0.2, 0.25) is 0 Å². The van der Waals surface area contributed by atoms with Gasteiger partial charge in [0.25, 0.3) is 5.91 Å². The summed E-state index contributed by atoms with van der Waals surface area (Å²) in [5.41, 5.74) is 2.72. The van der Waals surface area contributed by atoms with Crippen LogP contribution in [0.4, 0.5) is 0 Å². The SMILES string of the molecule is C[C@H](Oc1cccc2c1CCCC2)C(=O)N1CCCC1. The van der Waals surface area contributed by atoms with Crippen molar-refractivity contribution in [3.63, 3.8) is 0 Å². The third-order valence-electron chi connectivity index (χ3n) is 4.42. The van der Waals surface area contributed by atoms with Gasteiger partial charge in [-0.3, -0.25) is 4.79 Å². The summed E-state index contributed by atoms with van der Waals surface area (Å²) in [5, 5.41) is 0. The molecule has 3 nitrogen and oxygen atoms in total. The molecule has 3 rings (SSSR count). The molecular weight excluding hydrogens is 250 g/mol. The zero-order valence-corrected chi connectivity index (χ0v) is 12.2. The van der Waals surface area contributed by atoms with Crippen LogP contribution in [0.15, 0.2) is 18.2 Å². The fraction of sp³-hybridized carbons (Fsp3) is 0.588. The van der Waals surface area contributed by atoms with E-state index < -0.39 is 0 Å². The molecular formula is C17H23NO2. The molecule has 1 aliphatic carbocycles. The van der Waals surface area contributed by atoms with Gasteiger partial charge in [0.1, 0.15) is 5.75 Å². The first kappa shape index (κ1) is 13.5. The highest BCUT2D eigenvalue weighted by Gasteiger charge is 2.25. The second kappa shape index (κ2) is 5.86. The predicted molar refractivity (Wildman–Crippen MR) is 79.0 cm³/mol. The number of aryl methyl sites for hydroxylation is 1. The maximum absolute atomic E-state index is 12.3. The van der Waals surface area contributed by atoms with Crippen LogP contribution in [0, 0.1) is 0 Å². The molecule has 0 radical (unpaired) electrons. The number of hydrogen-bond acceptors (Lipinski definition) is 2. The van der Waals surface area contributed by atoms with Crippen molar-refractivity contribution < 1.29 is 9.53 Å². The molecule has 0 spiro atoms. The molecule has 20 heavy (non-hydrogen) atoms. The Hall–Kier alpha value is -1.51. The monoisotopic (exact) mass is 273 g/mol. The third-order valence-corrected chi connectivity index (χ3v) is 4.42. The second-order valence-electron chi connectivity index (χ2n) is 5.89. The molecule has 0 aromatic heterocycles. The number of hydrogen-bond donors (Lipinski definition) is 0. The Kier molecular flexibility index (Phi) is 3.95. The number of ether oxygens (including phenoxy) is 1. The number of carbonyl (C=O) groups is 1. The van der Waals surface area contributed by atoms with E-state index in [1.807, 2.05) is 24.0 Å². The van der Waals surface area contributed by atoms with E-state index in [0.29, 0.717) is 0 Å². The summed E-state index contributed by atoms with van der Waals surface area (Å²) < 4.78 is 6.00. The lowest BCUT2D eigenvalue weighted by molar-refractivity contribution is -0.136. The average molecular weight is 273 g/mol. The summed E-state index contributed by atoms with van der Waals surface area (Å²) in [4.78, 5) is 14.2. The molecule has 1 heterocycles. The Morgan fingerprint density at radius 1 is 1.15 bits per heavy atom. The fourth-order valence-electron chi connectivity index (χ4n) is 3.29. The molecule has 0 bridgehead atoms. The van der Waals surface area contributed by atoms with Gasteiger partial charge in [0.15, 0.2) is 6.10 Å². The predicted octanol–water partition coefficient (Wildman–Crippen LogP) is 2.96. The van der Waals surface area contributed by atoms with E-state index in [0.717, 1.165) is 44.5 Å². The van der Waals surface area contributed by atoms with E-state index in [2.05, 4.69) is 6.07 Å². The van der Waals surface area contributed by atoms with Gasteiger partial charge in [0.2, 0.25) is 0 Å². The third kappa shape index (κ3) is 2.67. The average Bonchev–Trinajstić information content (AvgIpc) is 3.01. The van der Waals surface area contributed by atoms with Gasteiger partial charge in [-0.25, -0.2) is 0 Å². The Balaban J connectivity index is 1.72. The second-order valence-corrected chi connectivity index (χ2v) is 5.89. The minimum absolute atomic E-state index is 0.135. The Labute approximate surface area is 120 Å². The van der Waals surface area contributed by atoms with E-state index in [-0.39, 0.29) is 12.0 Å². The number of benzene rings is 1. The number of rotatable bonds is 3. The number of amides is 1. The molecule has 1 fully saturated rings. The smallest absolute Gasteiger partial charge is 0.263 e. The lowest BCUT2D eigenvalue weighted by Crippen LogP contribution is -2.38. The highest BCUT2D eigenvalue weighted by molar-refractivity contribution is 5.81. The summed E-state index contributed by atoms with van der Waals surface area (Å²) in [5.74, 6) is 1.05. The number of nitrogens with zero attached hydrogens (tertiary/aromatic N) is 1. The van der Waals surface area contributed by atoms with Crippen LogP contribution in [-0.2, 0) is 17.6 Å². The summed E-state index contributed by atoms with van der Waals surface area (Å²) in [6.45, 7) is 3.65. The summed E-state index contributed by atoms with van der Waals surface area (Å²) in [6, 6.07) is 6.25. The van der Waals surface area contributed by atoms with Crippen LogP contribution in [0.25, 0.3) is 0 Å². The van der Waals surface area contributed by atoms with Crippen LogP contribution in [-0.4, -0.2) is 30.0 Å². The van der Waals surface area contributed by atoms with Gasteiger partial charge in [0.05, 0.1) is 0 Å². The minimum Gasteiger partial charge on any atom is -0.481 e. The van der Waals surface area contributed by atoms with Crippen molar-refractivity contribution in [2.45, 2.75) is 51.6 Å². The first-order valence-corrected chi connectivity index (χ1v) is 7.82. The van der Waals surface area contributed by atoms with Crippen molar-refractivity contribution in [1.82, 2.24) is 4.90 Å². The maximum atomic E-state index is 12.3. The number of fused-ring (bicyclic) bond motifs is 1. The zero-order valence-electron chi connectivity index (χ0n) is 12.2. The van der Waals surface area contributed by atoms with Gasteiger partial charge in [-0.2, -0.15) is 0 Å². The van der Waals surface area contributed by atoms with Gasteiger partial charge < -0.3 is 9.64 Å². The topological polar surface area (TPSA) is 29.5 Å². The molecule has 1 saturated heterocycles. The molecule has 1 amide bonds. The standard InChI is InChI=1S/C17H23NO2/c1-13(17(19)18-11-4-5-12-18)20-16-10-6-8-14-7-2-3-9-15(14)16/h6,8,10,13H,2-5,7,9,11-12H2,1H3/t13-/m0/s1. The lowest BCUT2D eigenvalue weighted by atomic mass is 9.91. The number of carbonyl (C=O) groups excluding carboxylic acids is 1. The number of likely N-dealkylation sites (tertiary alicyclic amines) is 1. The van der Waals surface area contributed by atoms with E-state index in [4.69, 9.17) is 4.74 Å². The van der Waals surface area contributed by atoms with Crippen LogP contribution >= 0.6 is 0 Å². The molecule has 1 aromatic rings. The maximum Gasteiger partial charge on any atom is 0.263 e. The van der Waals surface area contributed by atoms with Crippen molar-refractivity contribution in [3.05, 3.63) is 29.3 Å². The van der Waals surface area contributed by atoms with E-state index in [1.165, 1.54) is 24.0 Å². The van der Waals surface area contributed by atoms with Gasteiger partial charge in [-0.1, -0.05) is 12.1 Å². The quantitative estimate of drug-likeness (QED) is 0.847. The van der Waals surface area contributed by atoms with Crippen LogP contribution in [0.3, 0.4) is 0 Å². The van der Waals surface area contributed by atoms with Crippen molar-refractivity contribution in [2.75, 3.05) is 13.1 Å². The molecule has 2 aliphatic rings. The minimum atomic E-state index is -0.374. The van der Waals surface area contributed by atoms with Crippen LogP contribution in [0.1, 0.15) is 43.7 Å². The summed E-state index contributed by atoms with van der Waals surface area (Å²) in [6.07, 6.45) is 6.58. The largest absolute Gasteiger partial charge is 0.481 e. The van der Waals surface area contributed by atoms with Crippen molar-refractivity contribution in [2.24, 2.45) is 0 Å². The van der Waals surface area contributed by atoms with Crippen molar-refractivity contribution in [3.8, 4) is 5.75 Å². The highest BCUT2D eigenvalue weighted by atomic mass is 16.5. The Bertz CT molecular complexity index is 492. The van der Waals surface area contributed by atoms with Crippen LogP contribution < -0.4 is 4.74 Å². The molecule has 0 N–H and O–H groups in total. The summed E-state index contributed by atoms with van der Waals surface area (Å²) in [7, 11) is 0. The first-order chi connectivity index (χ1) is 9.75. The molecule has 3 heteroatoms. The molecule has 1 atom stereocenters. The fourth-order valence-corrected chi connectivity index (χ4v) is 3.29.